The summed E-state index contributed by atoms with van der Waals surface area (Å²) in [5, 5.41) is 0. The average molecular weight is 247 g/mol. The van der Waals surface area contributed by atoms with E-state index in [1.807, 2.05) is 0 Å². The number of halogens is 1. The van der Waals surface area contributed by atoms with Gasteiger partial charge in [0.1, 0.15) is 0 Å². The van der Waals surface area contributed by atoms with E-state index in [-0.39, 0.29) is 15.2 Å². The van der Waals surface area contributed by atoms with Gasteiger partial charge in [0.15, 0.2) is 0 Å². The lowest BCUT2D eigenvalue weighted by molar-refractivity contribution is 0.301. The number of hydrogen-bond acceptors (Lipinski definition) is 0. The molecule has 1 atom stereocenters. The van der Waals surface area contributed by atoms with Crippen LogP contribution in [0.4, 0.5) is 0 Å². The van der Waals surface area contributed by atoms with Crippen LogP contribution in [-0.2, 0) is 0 Å². The largest absolute Gasteiger partial charge is 0.0979 e. The van der Waals surface area contributed by atoms with E-state index in [1.165, 1.54) is 5.57 Å². The molecule has 13 heavy (non-hydrogen) atoms. The summed E-state index contributed by atoms with van der Waals surface area (Å²) in [6.07, 6.45) is 0. The molecule has 0 radical (unpaired) electrons. The van der Waals surface area contributed by atoms with E-state index in [1.54, 1.807) is 0 Å². The predicted molar refractivity (Wildman–Crippen MR) is 65.4 cm³/mol. The monoisotopic (exact) mass is 246 g/mol. The Bertz CT molecular complexity index is 198. The molecule has 0 aliphatic carbocycles. The smallest absolute Gasteiger partial charge is 0.0488 e. The minimum absolute atomic E-state index is 0.00174. The third-order valence-electron chi connectivity index (χ3n) is 2.88. The molecule has 0 saturated carbocycles. The van der Waals surface area contributed by atoms with Crippen LogP contribution in [0.1, 0.15) is 48.5 Å². The van der Waals surface area contributed by atoms with Gasteiger partial charge in [-0.3, -0.25) is 0 Å². The van der Waals surface area contributed by atoms with Crippen molar-refractivity contribution < 1.29 is 0 Å². The van der Waals surface area contributed by atoms with Crippen molar-refractivity contribution in [1.29, 1.82) is 0 Å². The van der Waals surface area contributed by atoms with Gasteiger partial charge in [-0.05, 0) is 17.8 Å². The van der Waals surface area contributed by atoms with Gasteiger partial charge >= 0.3 is 0 Å². The number of rotatable bonds is 1. The molecule has 78 valence electrons. The normalized spacial score (nSPS) is 18.2. The Balaban J connectivity index is 4.98. The maximum Gasteiger partial charge on any atom is 0.0488 e. The van der Waals surface area contributed by atoms with Gasteiger partial charge in [0.2, 0.25) is 0 Å². The van der Waals surface area contributed by atoms with Gasteiger partial charge in [0.05, 0.1) is 0 Å². The van der Waals surface area contributed by atoms with Crippen LogP contribution < -0.4 is 0 Å². The summed E-state index contributed by atoms with van der Waals surface area (Å²) in [7, 11) is 0. The molecule has 1 unspecified atom stereocenters. The molecule has 0 aliphatic heterocycles. The molecular formula is C12H23Br. The molecule has 0 aliphatic rings. The highest BCUT2D eigenvalue weighted by Gasteiger charge is 2.41. The van der Waals surface area contributed by atoms with Crippen LogP contribution in [0, 0.1) is 10.8 Å². The van der Waals surface area contributed by atoms with Crippen molar-refractivity contribution in [1.82, 2.24) is 0 Å². The third-order valence-corrected chi connectivity index (χ3v) is 4.55. The molecule has 0 amide bonds. The molecule has 0 aromatic carbocycles. The molecule has 0 heterocycles. The predicted octanol–water partition coefficient (Wildman–Crippen LogP) is 4.79. The summed E-state index contributed by atoms with van der Waals surface area (Å²) >= 11 is 3.80. The van der Waals surface area contributed by atoms with Crippen LogP contribution >= 0.6 is 15.9 Å². The van der Waals surface area contributed by atoms with E-state index in [0.717, 1.165) is 0 Å². The van der Waals surface area contributed by atoms with E-state index >= 15 is 0 Å². The topological polar surface area (TPSA) is 0 Å². The Kier molecular flexibility index (Phi) is 3.47. The molecule has 0 fully saturated rings. The summed E-state index contributed by atoms with van der Waals surface area (Å²) in [5.41, 5.74) is 1.61. The van der Waals surface area contributed by atoms with E-state index in [2.05, 4.69) is 71.0 Å². The first-order valence-electron chi connectivity index (χ1n) is 4.79. The standard InChI is InChI=1S/C12H23Br/c1-9(10(2,3)4)12(8,13)11(5,6)7/h1H2,2-8H3. The zero-order chi connectivity index (χ0) is 11.1. The third kappa shape index (κ3) is 2.83. The van der Waals surface area contributed by atoms with Crippen molar-refractivity contribution in [2.45, 2.75) is 52.8 Å². The average Bonchev–Trinajstić information content (AvgIpc) is 1.81. The molecule has 0 bridgehead atoms. The number of allylic oxidation sites excluding steroid dienone is 1. The Labute approximate surface area is 91.9 Å². The van der Waals surface area contributed by atoms with Crippen LogP contribution in [0.2, 0.25) is 0 Å². The SMILES string of the molecule is C=C(C(C)(C)C)C(C)(Br)C(C)(C)C. The van der Waals surface area contributed by atoms with Crippen LogP contribution in [0.25, 0.3) is 0 Å². The van der Waals surface area contributed by atoms with Crippen LogP contribution in [0.15, 0.2) is 12.2 Å². The van der Waals surface area contributed by atoms with Gasteiger partial charge < -0.3 is 0 Å². The Morgan fingerprint density at radius 2 is 1.23 bits per heavy atom. The zero-order valence-electron chi connectivity index (χ0n) is 10.1. The first-order valence-corrected chi connectivity index (χ1v) is 5.59. The van der Waals surface area contributed by atoms with Gasteiger partial charge in [0.25, 0.3) is 0 Å². The molecule has 0 N–H and O–H groups in total. The first kappa shape index (κ1) is 13.2. The molecule has 0 aromatic rings. The van der Waals surface area contributed by atoms with Gasteiger partial charge in [-0.1, -0.05) is 69.6 Å². The molecule has 0 rings (SSSR count). The molecule has 0 saturated heterocycles. The second kappa shape index (κ2) is 3.42. The van der Waals surface area contributed by atoms with Crippen LogP contribution in [0.5, 0.6) is 0 Å². The van der Waals surface area contributed by atoms with Crippen molar-refractivity contribution in [2.24, 2.45) is 10.8 Å². The number of alkyl halides is 1. The molecule has 0 nitrogen and oxygen atoms in total. The molecular weight excluding hydrogens is 224 g/mol. The quantitative estimate of drug-likeness (QED) is 0.461. The Morgan fingerprint density at radius 1 is 0.923 bits per heavy atom. The minimum Gasteiger partial charge on any atom is -0.0979 e. The van der Waals surface area contributed by atoms with Crippen molar-refractivity contribution >= 4 is 15.9 Å². The fourth-order valence-corrected chi connectivity index (χ4v) is 1.75. The fraction of sp³-hybridized carbons (Fsp3) is 0.833. The summed E-state index contributed by atoms with van der Waals surface area (Å²) in [5.74, 6) is 0. The van der Waals surface area contributed by atoms with Crippen molar-refractivity contribution in [3.8, 4) is 0 Å². The van der Waals surface area contributed by atoms with Gasteiger partial charge in [-0.25, -0.2) is 0 Å². The van der Waals surface area contributed by atoms with E-state index in [9.17, 15) is 0 Å². The maximum atomic E-state index is 4.22. The van der Waals surface area contributed by atoms with Gasteiger partial charge in [-0.15, -0.1) is 0 Å². The lowest BCUT2D eigenvalue weighted by Crippen LogP contribution is -2.39. The Hall–Kier alpha value is 0.220. The lowest BCUT2D eigenvalue weighted by atomic mass is 9.70. The maximum absolute atomic E-state index is 4.22. The summed E-state index contributed by atoms with van der Waals surface area (Å²) in [4.78, 5) is 0. The first-order chi connectivity index (χ1) is 5.40. The molecule has 0 spiro atoms. The second-order valence-corrected chi connectivity index (χ2v) is 7.57. The Morgan fingerprint density at radius 3 is 1.31 bits per heavy atom. The highest BCUT2D eigenvalue weighted by Crippen LogP contribution is 2.48. The van der Waals surface area contributed by atoms with E-state index in [0.29, 0.717) is 0 Å². The fourth-order valence-electron chi connectivity index (χ4n) is 1.16. The van der Waals surface area contributed by atoms with Crippen LogP contribution in [0.3, 0.4) is 0 Å². The van der Waals surface area contributed by atoms with Crippen LogP contribution in [-0.4, -0.2) is 4.32 Å². The highest BCUT2D eigenvalue weighted by atomic mass is 79.9. The number of hydrogen-bond donors (Lipinski definition) is 0. The van der Waals surface area contributed by atoms with E-state index < -0.39 is 0 Å². The lowest BCUT2D eigenvalue weighted by Gasteiger charge is -2.43. The zero-order valence-corrected chi connectivity index (χ0v) is 11.7. The summed E-state index contributed by atoms with van der Waals surface area (Å²) < 4.78 is -0.00174. The van der Waals surface area contributed by atoms with Gasteiger partial charge in [0, 0.05) is 4.32 Å². The summed E-state index contributed by atoms with van der Waals surface area (Å²) in [6.45, 7) is 19.8. The van der Waals surface area contributed by atoms with Crippen molar-refractivity contribution in [3.05, 3.63) is 12.2 Å². The second-order valence-electron chi connectivity index (χ2n) is 5.98. The van der Waals surface area contributed by atoms with E-state index in [4.69, 9.17) is 0 Å². The minimum atomic E-state index is -0.00174. The molecule has 0 aromatic heterocycles. The molecule has 1 heteroatoms. The highest BCUT2D eigenvalue weighted by molar-refractivity contribution is 9.10. The van der Waals surface area contributed by atoms with Crippen molar-refractivity contribution in [2.75, 3.05) is 0 Å². The van der Waals surface area contributed by atoms with Gasteiger partial charge in [-0.2, -0.15) is 0 Å². The summed E-state index contributed by atoms with van der Waals surface area (Å²) in [6, 6.07) is 0. The van der Waals surface area contributed by atoms with Crippen molar-refractivity contribution in [3.63, 3.8) is 0 Å².